The molecule has 6 nitrogen and oxygen atoms in total. The maximum atomic E-state index is 13.6. The number of nitro groups is 1. The van der Waals surface area contributed by atoms with Gasteiger partial charge in [-0.1, -0.05) is 0 Å². The van der Waals surface area contributed by atoms with Crippen LogP contribution in [0.3, 0.4) is 0 Å². The van der Waals surface area contributed by atoms with E-state index in [2.05, 4.69) is 5.32 Å². The fraction of sp³-hybridized carbons (Fsp3) is 0.364. The first kappa shape index (κ1) is 14.8. The number of nitrogens with zero attached hydrogens (tertiary/aromatic N) is 2. The first-order chi connectivity index (χ1) is 8.73. The molecule has 1 atom stereocenters. The summed E-state index contributed by atoms with van der Waals surface area (Å²) in [7, 11) is 3.01. The number of likely N-dealkylation sites (N-methyl/N-ethyl adjacent to an activating group) is 1. The number of anilines is 1. The minimum Gasteiger partial charge on any atom is -0.369 e. The van der Waals surface area contributed by atoms with Gasteiger partial charge in [-0.05, 0) is 6.92 Å². The molecule has 0 fully saturated rings. The summed E-state index contributed by atoms with van der Waals surface area (Å²) in [6, 6.07) is 0.330. The predicted molar refractivity (Wildman–Crippen MR) is 64.8 cm³/mol. The van der Waals surface area contributed by atoms with Gasteiger partial charge in [0.1, 0.15) is 11.7 Å². The van der Waals surface area contributed by atoms with E-state index in [4.69, 9.17) is 0 Å². The lowest BCUT2D eigenvalue weighted by molar-refractivity contribution is -0.385. The fourth-order valence-corrected chi connectivity index (χ4v) is 1.47. The molecule has 0 aliphatic carbocycles. The van der Waals surface area contributed by atoms with Gasteiger partial charge in [-0.3, -0.25) is 14.9 Å². The van der Waals surface area contributed by atoms with Gasteiger partial charge in [-0.25, -0.2) is 8.78 Å². The van der Waals surface area contributed by atoms with Crippen LogP contribution in [0.15, 0.2) is 12.1 Å². The van der Waals surface area contributed by atoms with Gasteiger partial charge >= 0.3 is 0 Å². The van der Waals surface area contributed by atoms with Crippen LogP contribution >= 0.6 is 0 Å². The summed E-state index contributed by atoms with van der Waals surface area (Å²) in [6.07, 6.45) is 0. The molecule has 1 amide bonds. The van der Waals surface area contributed by atoms with Gasteiger partial charge in [0.15, 0.2) is 11.6 Å². The topological polar surface area (TPSA) is 75.5 Å². The van der Waals surface area contributed by atoms with Crippen LogP contribution < -0.4 is 5.32 Å². The number of nitro benzene ring substituents is 1. The Bertz CT molecular complexity index is 497. The predicted octanol–water partition coefficient (Wildman–Crippen LogP) is 1.76. The third-order valence-electron chi connectivity index (χ3n) is 2.41. The molecule has 0 saturated heterocycles. The van der Waals surface area contributed by atoms with Gasteiger partial charge in [0.2, 0.25) is 5.91 Å². The summed E-state index contributed by atoms with van der Waals surface area (Å²) in [5.74, 6) is -2.62. The van der Waals surface area contributed by atoms with E-state index in [-0.39, 0.29) is 5.91 Å². The SMILES string of the molecule is CC(Nc1c(F)cc([N+](=O)[O-])cc1F)C(=O)N(C)C. The lowest BCUT2D eigenvalue weighted by Gasteiger charge is -2.19. The van der Waals surface area contributed by atoms with Gasteiger partial charge in [0.05, 0.1) is 17.1 Å². The number of carbonyl (C=O) groups is 1. The lowest BCUT2D eigenvalue weighted by atomic mass is 10.2. The van der Waals surface area contributed by atoms with Crippen molar-refractivity contribution in [1.29, 1.82) is 0 Å². The maximum Gasteiger partial charge on any atom is 0.275 e. The van der Waals surface area contributed by atoms with Crippen molar-refractivity contribution >= 4 is 17.3 Å². The molecule has 104 valence electrons. The van der Waals surface area contributed by atoms with E-state index in [1.54, 1.807) is 0 Å². The molecule has 0 bridgehead atoms. The Labute approximate surface area is 108 Å². The molecular weight excluding hydrogens is 260 g/mol. The van der Waals surface area contributed by atoms with E-state index >= 15 is 0 Å². The summed E-state index contributed by atoms with van der Waals surface area (Å²) < 4.78 is 27.1. The zero-order chi connectivity index (χ0) is 14.7. The summed E-state index contributed by atoms with van der Waals surface area (Å²) in [5, 5.41) is 12.8. The Morgan fingerprint density at radius 1 is 1.37 bits per heavy atom. The highest BCUT2D eigenvalue weighted by molar-refractivity contribution is 5.84. The van der Waals surface area contributed by atoms with E-state index in [0.29, 0.717) is 12.1 Å². The van der Waals surface area contributed by atoms with Crippen molar-refractivity contribution in [2.24, 2.45) is 0 Å². The van der Waals surface area contributed by atoms with Crippen LogP contribution in [0.2, 0.25) is 0 Å². The Kier molecular flexibility index (Phi) is 4.36. The molecule has 0 heterocycles. The zero-order valence-corrected chi connectivity index (χ0v) is 10.6. The molecule has 1 unspecified atom stereocenters. The minimum absolute atomic E-state index is 0.378. The van der Waals surface area contributed by atoms with Gasteiger partial charge in [-0.2, -0.15) is 0 Å². The van der Waals surface area contributed by atoms with Gasteiger partial charge in [0.25, 0.3) is 5.69 Å². The monoisotopic (exact) mass is 273 g/mol. The molecule has 1 aromatic rings. The van der Waals surface area contributed by atoms with Crippen molar-refractivity contribution < 1.29 is 18.5 Å². The first-order valence-electron chi connectivity index (χ1n) is 5.35. The van der Waals surface area contributed by atoms with Crippen molar-refractivity contribution in [1.82, 2.24) is 4.90 Å². The molecule has 0 spiro atoms. The molecule has 0 aromatic heterocycles. The fourth-order valence-electron chi connectivity index (χ4n) is 1.47. The maximum absolute atomic E-state index is 13.6. The number of hydrogen-bond donors (Lipinski definition) is 1. The van der Waals surface area contributed by atoms with Gasteiger partial charge in [-0.15, -0.1) is 0 Å². The Balaban J connectivity index is 3.03. The molecule has 1 aromatic carbocycles. The molecule has 19 heavy (non-hydrogen) atoms. The third-order valence-corrected chi connectivity index (χ3v) is 2.41. The largest absolute Gasteiger partial charge is 0.369 e. The molecule has 1 rings (SSSR count). The lowest BCUT2D eigenvalue weighted by Crippen LogP contribution is -2.37. The van der Waals surface area contributed by atoms with Crippen LogP contribution in [0, 0.1) is 21.7 Å². The number of nitrogens with one attached hydrogen (secondary N) is 1. The smallest absolute Gasteiger partial charge is 0.275 e. The second kappa shape index (κ2) is 5.59. The molecule has 0 radical (unpaired) electrons. The van der Waals surface area contributed by atoms with Crippen LogP contribution in [0.1, 0.15) is 6.92 Å². The Morgan fingerprint density at radius 3 is 2.21 bits per heavy atom. The summed E-state index contributed by atoms with van der Waals surface area (Å²) >= 11 is 0. The zero-order valence-electron chi connectivity index (χ0n) is 10.6. The number of non-ortho nitro benzene ring substituents is 1. The molecule has 0 aliphatic heterocycles. The van der Waals surface area contributed by atoms with E-state index in [1.807, 2.05) is 0 Å². The minimum atomic E-state index is -1.12. The van der Waals surface area contributed by atoms with E-state index in [1.165, 1.54) is 25.9 Å². The summed E-state index contributed by atoms with van der Waals surface area (Å²) in [4.78, 5) is 22.3. The van der Waals surface area contributed by atoms with Gasteiger partial charge in [0, 0.05) is 14.1 Å². The van der Waals surface area contributed by atoms with Crippen LogP contribution in [-0.2, 0) is 4.79 Å². The highest BCUT2D eigenvalue weighted by Crippen LogP contribution is 2.25. The van der Waals surface area contributed by atoms with E-state index < -0.39 is 34.0 Å². The Hall–Kier alpha value is -2.25. The van der Waals surface area contributed by atoms with Crippen molar-refractivity contribution in [3.63, 3.8) is 0 Å². The molecular formula is C11H13F2N3O3. The number of benzene rings is 1. The van der Waals surface area contributed by atoms with Crippen molar-refractivity contribution in [2.45, 2.75) is 13.0 Å². The number of rotatable bonds is 4. The normalized spacial score (nSPS) is 11.8. The molecule has 1 N–H and O–H groups in total. The average molecular weight is 273 g/mol. The highest BCUT2D eigenvalue weighted by Gasteiger charge is 2.21. The highest BCUT2D eigenvalue weighted by atomic mass is 19.1. The molecule has 0 saturated carbocycles. The average Bonchev–Trinajstić information content (AvgIpc) is 2.31. The van der Waals surface area contributed by atoms with Crippen LogP contribution in [0.4, 0.5) is 20.2 Å². The number of halogens is 2. The number of amides is 1. The molecule has 0 aliphatic rings. The first-order valence-corrected chi connectivity index (χ1v) is 5.35. The number of carbonyl (C=O) groups excluding carboxylic acids is 1. The van der Waals surface area contributed by atoms with Gasteiger partial charge < -0.3 is 10.2 Å². The van der Waals surface area contributed by atoms with E-state index in [0.717, 1.165) is 0 Å². The quantitative estimate of drug-likeness (QED) is 0.670. The van der Waals surface area contributed by atoms with Crippen molar-refractivity contribution in [2.75, 3.05) is 19.4 Å². The third kappa shape index (κ3) is 3.36. The summed E-state index contributed by atoms with van der Waals surface area (Å²) in [5.41, 5.74) is -1.25. The van der Waals surface area contributed by atoms with Crippen molar-refractivity contribution in [3.05, 3.63) is 33.9 Å². The van der Waals surface area contributed by atoms with E-state index in [9.17, 15) is 23.7 Å². The van der Waals surface area contributed by atoms with Crippen molar-refractivity contribution in [3.8, 4) is 0 Å². The molecule has 8 heteroatoms. The summed E-state index contributed by atoms with van der Waals surface area (Å²) in [6.45, 7) is 1.43. The van der Waals surface area contributed by atoms with Crippen LogP contribution in [-0.4, -0.2) is 35.9 Å². The second-order valence-electron chi connectivity index (χ2n) is 4.14. The second-order valence-corrected chi connectivity index (χ2v) is 4.14. The Morgan fingerprint density at radius 2 is 1.84 bits per heavy atom. The number of hydrogen-bond acceptors (Lipinski definition) is 4. The van der Waals surface area contributed by atoms with Crippen LogP contribution in [0.25, 0.3) is 0 Å². The van der Waals surface area contributed by atoms with Crippen LogP contribution in [0.5, 0.6) is 0 Å². The standard InChI is InChI=1S/C11H13F2N3O3/c1-6(11(17)15(2)3)14-10-8(12)4-7(16(18)19)5-9(10)13/h4-6,14H,1-3H3.